The first-order valence-electron chi connectivity index (χ1n) is 6.10. The Balaban J connectivity index is 2.30. The lowest BCUT2D eigenvalue weighted by Gasteiger charge is -2.10. The summed E-state index contributed by atoms with van der Waals surface area (Å²) in [5.41, 5.74) is 8.15. The molecule has 0 aliphatic carbocycles. The van der Waals surface area contributed by atoms with Gasteiger partial charge in [0.2, 0.25) is 0 Å². The van der Waals surface area contributed by atoms with Crippen LogP contribution in [0.3, 0.4) is 0 Å². The highest BCUT2D eigenvalue weighted by atomic mass is 15.1. The maximum atomic E-state index is 5.84. The molecule has 0 aliphatic rings. The van der Waals surface area contributed by atoms with Crippen molar-refractivity contribution in [1.29, 1.82) is 0 Å². The number of nitrogens with two attached hydrogens (primary N) is 1. The van der Waals surface area contributed by atoms with E-state index in [4.69, 9.17) is 5.73 Å². The van der Waals surface area contributed by atoms with Crippen LogP contribution in [0.5, 0.6) is 0 Å². The normalized spacial score (nSPS) is 12.6. The van der Waals surface area contributed by atoms with Crippen LogP contribution in [-0.4, -0.2) is 9.55 Å². The van der Waals surface area contributed by atoms with Crippen molar-refractivity contribution in [2.24, 2.45) is 5.73 Å². The molecular weight excluding hydrogens is 210 g/mol. The van der Waals surface area contributed by atoms with Gasteiger partial charge in [0.15, 0.2) is 0 Å². The maximum absolute atomic E-state index is 5.84. The van der Waals surface area contributed by atoms with Crippen molar-refractivity contribution in [3.63, 3.8) is 0 Å². The molecule has 0 aliphatic heterocycles. The van der Waals surface area contributed by atoms with Crippen molar-refractivity contribution in [2.75, 3.05) is 0 Å². The predicted octanol–water partition coefficient (Wildman–Crippen LogP) is 2.84. The molecule has 2 aromatic rings. The third-order valence-electron chi connectivity index (χ3n) is 2.89. The van der Waals surface area contributed by atoms with E-state index in [0.717, 1.165) is 29.9 Å². The smallest absolute Gasteiger partial charge is 0.113 e. The molecular formula is C14H19N3. The van der Waals surface area contributed by atoms with Gasteiger partial charge >= 0.3 is 0 Å². The summed E-state index contributed by atoms with van der Waals surface area (Å²) in [6.07, 6.45) is 5.97. The molecule has 0 bridgehead atoms. The van der Waals surface area contributed by atoms with Gasteiger partial charge in [0.25, 0.3) is 0 Å². The van der Waals surface area contributed by atoms with E-state index in [1.54, 1.807) is 0 Å². The van der Waals surface area contributed by atoms with Crippen LogP contribution in [0.15, 0.2) is 36.7 Å². The zero-order valence-corrected chi connectivity index (χ0v) is 10.4. The molecule has 90 valence electrons. The molecule has 3 nitrogen and oxygen atoms in total. The lowest BCUT2D eigenvalue weighted by molar-refractivity contribution is 0.803. The second kappa shape index (κ2) is 5.15. The van der Waals surface area contributed by atoms with Crippen LogP contribution >= 0.6 is 0 Å². The molecule has 0 fully saturated rings. The fourth-order valence-electron chi connectivity index (χ4n) is 1.92. The van der Waals surface area contributed by atoms with E-state index in [-0.39, 0.29) is 6.04 Å². The van der Waals surface area contributed by atoms with Crippen molar-refractivity contribution >= 4 is 0 Å². The molecule has 0 amide bonds. The van der Waals surface area contributed by atoms with Crippen molar-refractivity contribution in [3.05, 3.63) is 48.0 Å². The van der Waals surface area contributed by atoms with E-state index in [0.29, 0.717) is 0 Å². The number of hydrogen-bond acceptors (Lipinski definition) is 2. The van der Waals surface area contributed by atoms with E-state index in [1.807, 2.05) is 19.3 Å². The summed E-state index contributed by atoms with van der Waals surface area (Å²) in [7, 11) is 0. The minimum absolute atomic E-state index is 0.0851. The quantitative estimate of drug-likeness (QED) is 0.876. The Hall–Kier alpha value is -1.61. The van der Waals surface area contributed by atoms with Gasteiger partial charge in [-0.25, -0.2) is 4.98 Å². The first-order chi connectivity index (χ1) is 8.22. The Morgan fingerprint density at radius 1 is 1.29 bits per heavy atom. The van der Waals surface area contributed by atoms with Crippen LogP contribution in [-0.2, 0) is 6.42 Å². The van der Waals surface area contributed by atoms with E-state index >= 15 is 0 Å². The second-order valence-corrected chi connectivity index (χ2v) is 4.34. The molecule has 1 atom stereocenters. The highest BCUT2D eigenvalue weighted by molar-refractivity contribution is 5.36. The van der Waals surface area contributed by atoms with Crippen LogP contribution in [0.25, 0.3) is 5.69 Å². The fraction of sp³-hybridized carbons (Fsp3) is 0.357. The highest BCUT2D eigenvalue weighted by Gasteiger charge is 2.04. The monoisotopic (exact) mass is 229 g/mol. The lowest BCUT2D eigenvalue weighted by Crippen LogP contribution is -2.05. The van der Waals surface area contributed by atoms with Crippen LogP contribution in [0.1, 0.15) is 37.7 Å². The summed E-state index contributed by atoms with van der Waals surface area (Å²) >= 11 is 0. The van der Waals surface area contributed by atoms with Crippen molar-refractivity contribution in [2.45, 2.75) is 32.7 Å². The molecule has 17 heavy (non-hydrogen) atoms. The molecule has 0 saturated carbocycles. The Morgan fingerprint density at radius 2 is 2.00 bits per heavy atom. The van der Waals surface area contributed by atoms with Crippen LogP contribution in [0, 0.1) is 0 Å². The summed E-state index contributed by atoms with van der Waals surface area (Å²) < 4.78 is 2.13. The SMILES string of the molecule is CCCc1nccn1-c1ccc(C(C)N)cc1. The van der Waals surface area contributed by atoms with Gasteiger partial charge < -0.3 is 10.3 Å². The van der Waals surface area contributed by atoms with Gasteiger partial charge in [0, 0.05) is 30.5 Å². The number of aryl methyl sites for hydroxylation is 1. The zero-order chi connectivity index (χ0) is 12.3. The van der Waals surface area contributed by atoms with Crippen LogP contribution in [0.4, 0.5) is 0 Å². The third-order valence-corrected chi connectivity index (χ3v) is 2.89. The number of aromatic nitrogens is 2. The van der Waals surface area contributed by atoms with Crippen molar-refractivity contribution < 1.29 is 0 Å². The summed E-state index contributed by atoms with van der Waals surface area (Å²) in [5, 5.41) is 0. The summed E-state index contributed by atoms with van der Waals surface area (Å²) in [5.74, 6) is 1.11. The van der Waals surface area contributed by atoms with Crippen LogP contribution < -0.4 is 5.73 Å². The van der Waals surface area contributed by atoms with E-state index in [9.17, 15) is 0 Å². The molecule has 0 radical (unpaired) electrons. The molecule has 2 rings (SSSR count). The average Bonchev–Trinajstić information content (AvgIpc) is 2.78. The Kier molecular flexibility index (Phi) is 3.59. The third kappa shape index (κ3) is 2.56. The first kappa shape index (κ1) is 11.9. The lowest BCUT2D eigenvalue weighted by atomic mass is 10.1. The Morgan fingerprint density at radius 3 is 2.59 bits per heavy atom. The largest absolute Gasteiger partial charge is 0.324 e. The van der Waals surface area contributed by atoms with E-state index in [2.05, 4.69) is 40.7 Å². The fourth-order valence-corrected chi connectivity index (χ4v) is 1.92. The molecule has 1 aromatic heterocycles. The van der Waals surface area contributed by atoms with E-state index in [1.165, 1.54) is 0 Å². The van der Waals surface area contributed by atoms with Gasteiger partial charge in [-0.2, -0.15) is 0 Å². The van der Waals surface area contributed by atoms with Gasteiger partial charge in [-0.3, -0.25) is 0 Å². The van der Waals surface area contributed by atoms with Crippen molar-refractivity contribution in [3.8, 4) is 5.69 Å². The van der Waals surface area contributed by atoms with Gasteiger partial charge in [-0.15, -0.1) is 0 Å². The number of rotatable bonds is 4. The topological polar surface area (TPSA) is 43.8 Å². The highest BCUT2D eigenvalue weighted by Crippen LogP contribution is 2.16. The standard InChI is InChI=1S/C14H19N3/c1-3-4-14-16-9-10-17(14)13-7-5-12(6-8-13)11(2)15/h5-11H,3-4,15H2,1-2H3. The molecule has 0 saturated heterocycles. The molecule has 3 heteroatoms. The summed E-state index contributed by atoms with van der Waals surface area (Å²) in [4.78, 5) is 4.38. The number of imidazole rings is 1. The van der Waals surface area contributed by atoms with Crippen LogP contribution in [0.2, 0.25) is 0 Å². The van der Waals surface area contributed by atoms with Gasteiger partial charge in [-0.1, -0.05) is 19.1 Å². The maximum Gasteiger partial charge on any atom is 0.113 e. The molecule has 2 N–H and O–H groups in total. The average molecular weight is 229 g/mol. The van der Waals surface area contributed by atoms with E-state index < -0.39 is 0 Å². The molecule has 1 unspecified atom stereocenters. The molecule has 1 aromatic carbocycles. The number of hydrogen-bond donors (Lipinski definition) is 1. The number of benzene rings is 1. The van der Waals surface area contributed by atoms with Gasteiger partial charge in [0.1, 0.15) is 5.82 Å². The zero-order valence-electron chi connectivity index (χ0n) is 10.4. The minimum atomic E-state index is 0.0851. The minimum Gasteiger partial charge on any atom is -0.324 e. The van der Waals surface area contributed by atoms with Gasteiger partial charge in [-0.05, 0) is 31.0 Å². The second-order valence-electron chi connectivity index (χ2n) is 4.34. The number of nitrogens with zero attached hydrogens (tertiary/aromatic N) is 2. The Bertz CT molecular complexity index is 468. The van der Waals surface area contributed by atoms with Crippen molar-refractivity contribution in [1.82, 2.24) is 9.55 Å². The molecule has 0 spiro atoms. The van der Waals surface area contributed by atoms with Gasteiger partial charge in [0.05, 0.1) is 0 Å². The predicted molar refractivity (Wildman–Crippen MR) is 70.2 cm³/mol. The Labute approximate surface area is 102 Å². The summed E-state index contributed by atoms with van der Waals surface area (Å²) in [6, 6.07) is 8.44. The first-order valence-corrected chi connectivity index (χ1v) is 6.10. The molecule has 1 heterocycles. The summed E-state index contributed by atoms with van der Waals surface area (Å²) in [6.45, 7) is 4.16.